The summed E-state index contributed by atoms with van der Waals surface area (Å²) in [5.41, 5.74) is 7.54. The van der Waals surface area contributed by atoms with Crippen molar-refractivity contribution in [1.29, 1.82) is 0 Å². The fourth-order valence-corrected chi connectivity index (χ4v) is 2.72. The second-order valence-corrected chi connectivity index (χ2v) is 6.54. The average molecular weight is 432 g/mol. The number of anilines is 2. The van der Waals surface area contributed by atoms with Crippen LogP contribution in [0.3, 0.4) is 0 Å². The maximum atomic E-state index is 12.6. The number of nitrogen functional groups attached to an aromatic ring is 1. The van der Waals surface area contributed by atoms with Crippen molar-refractivity contribution in [3.8, 4) is 11.5 Å². The molecule has 0 atom stereocenters. The Morgan fingerprint density at radius 2 is 1.93 bits per heavy atom. The van der Waals surface area contributed by atoms with Crippen molar-refractivity contribution in [3.63, 3.8) is 0 Å². The van der Waals surface area contributed by atoms with Gasteiger partial charge in [-0.05, 0) is 29.8 Å². The summed E-state index contributed by atoms with van der Waals surface area (Å²) in [6, 6.07) is 12.8. The molecular weight excluding hydrogens is 414 g/mol. The first-order chi connectivity index (χ1) is 13.0. The van der Waals surface area contributed by atoms with Crippen molar-refractivity contribution < 1.29 is 14.3 Å². The van der Waals surface area contributed by atoms with Crippen LogP contribution in [0.4, 0.5) is 11.5 Å². The summed E-state index contributed by atoms with van der Waals surface area (Å²) in [4.78, 5) is 12.6. The Balaban J connectivity index is 1.80. The highest BCUT2D eigenvalue weighted by Crippen LogP contribution is 2.29. The molecule has 0 radical (unpaired) electrons. The summed E-state index contributed by atoms with van der Waals surface area (Å²) >= 11 is 3.39. The molecular formula is C18H18BrN5O3. The van der Waals surface area contributed by atoms with Gasteiger partial charge in [-0.2, -0.15) is 0 Å². The van der Waals surface area contributed by atoms with E-state index in [2.05, 4.69) is 31.6 Å². The first kappa shape index (κ1) is 18.7. The molecule has 0 aliphatic rings. The SMILES string of the molecule is COc1ccc(OC)c(NC(=O)c2nnn(Cc3ccc(Br)cc3)c2N)c1. The Morgan fingerprint density at radius 1 is 1.19 bits per heavy atom. The maximum Gasteiger partial charge on any atom is 0.280 e. The molecule has 0 aliphatic heterocycles. The van der Waals surface area contributed by atoms with Gasteiger partial charge in [-0.1, -0.05) is 33.3 Å². The molecule has 8 nitrogen and oxygen atoms in total. The minimum absolute atomic E-state index is 0.0389. The van der Waals surface area contributed by atoms with Crippen LogP contribution in [0.2, 0.25) is 0 Å². The van der Waals surface area contributed by atoms with Gasteiger partial charge in [0.25, 0.3) is 5.91 Å². The molecule has 0 aliphatic carbocycles. The lowest BCUT2D eigenvalue weighted by Crippen LogP contribution is -2.16. The molecule has 3 aromatic rings. The Labute approximate surface area is 164 Å². The Bertz CT molecular complexity index is 956. The third-order valence-corrected chi connectivity index (χ3v) is 4.42. The molecule has 1 aromatic heterocycles. The molecule has 0 saturated heterocycles. The van der Waals surface area contributed by atoms with E-state index in [0.29, 0.717) is 23.7 Å². The lowest BCUT2D eigenvalue weighted by molar-refractivity contribution is 0.102. The van der Waals surface area contributed by atoms with Gasteiger partial charge in [0.05, 0.1) is 26.5 Å². The van der Waals surface area contributed by atoms with Gasteiger partial charge < -0.3 is 20.5 Å². The predicted molar refractivity (Wildman–Crippen MR) is 105 cm³/mol. The standard InChI is InChI=1S/C18H18BrN5O3/c1-26-13-7-8-15(27-2)14(9-13)21-18(25)16-17(20)24(23-22-16)10-11-3-5-12(19)6-4-11/h3-9H,10,20H2,1-2H3,(H,21,25). The van der Waals surface area contributed by atoms with E-state index in [4.69, 9.17) is 15.2 Å². The van der Waals surface area contributed by atoms with Gasteiger partial charge in [0, 0.05) is 10.5 Å². The minimum atomic E-state index is -0.485. The first-order valence-corrected chi connectivity index (χ1v) is 8.78. The molecule has 0 saturated carbocycles. The van der Waals surface area contributed by atoms with Crippen molar-refractivity contribution >= 4 is 33.3 Å². The van der Waals surface area contributed by atoms with E-state index < -0.39 is 5.91 Å². The van der Waals surface area contributed by atoms with E-state index in [9.17, 15) is 4.79 Å². The summed E-state index contributed by atoms with van der Waals surface area (Å²) in [5, 5.41) is 10.6. The summed E-state index contributed by atoms with van der Waals surface area (Å²) in [6.07, 6.45) is 0. The molecule has 140 valence electrons. The van der Waals surface area contributed by atoms with E-state index in [-0.39, 0.29) is 11.5 Å². The van der Waals surface area contributed by atoms with E-state index in [0.717, 1.165) is 10.0 Å². The number of benzene rings is 2. The number of hydrogen-bond acceptors (Lipinski definition) is 6. The Morgan fingerprint density at radius 3 is 2.59 bits per heavy atom. The largest absolute Gasteiger partial charge is 0.497 e. The molecule has 0 fully saturated rings. The Hall–Kier alpha value is -3.07. The number of nitrogens with one attached hydrogen (secondary N) is 1. The van der Waals surface area contributed by atoms with Crippen LogP contribution in [-0.2, 0) is 6.54 Å². The number of methoxy groups -OCH3 is 2. The maximum absolute atomic E-state index is 12.6. The molecule has 9 heteroatoms. The number of hydrogen-bond donors (Lipinski definition) is 2. The number of amides is 1. The van der Waals surface area contributed by atoms with Crippen LogP contribution in [0.25, 0.3) is 0 Å². The van der Waals surface area contributed by atoms with E-state index in [1.165, 1.54) is 11.8 Å². The van der Waals surface area contributed by atoms with Crippen LogP contribution in [0.15, 0.2) is 46.9 Å². The molecule has 3 rings (SSSR count). The number of rotatable bonds is 6. The highest BCUT2D eigenvalue weighted by molar-refractivity contribution is 9.10. The smallest absolute Gasteiger partial charge is 0.280 e. The van der Waals surface area contributed by atoms with Crippen LogP contribution in [0, 0.1) is 0 Å². The third kappa shape index (κ3) is 4.20. The fourth-order valence-electron chi connectivity index (χ4n) is 2.45. The number of aromatic nitrogens is 3. The number of carbonyl (C=O) groups excluding carboxylic acids is 1. The second kappa shape index (κ2) is 8.09. The average Bonchev–Trinajstić information content (AvgIpc) is 3.04. The van der Waals surface area contributed by atoms with Crippen LogP contribution in [0.5, 0.6) is 11.5 Å². The monoisotopic (exact) mass is 431 g/mol. The molecule has 3 N–H and O–H groups in total. The highest BCUT2D eigenvalue weighted by atomic mass is 79.9. The lowest BCUT2D eigenvalue weighted by atomic mass is 10.2. The van der Waals surface area contributed by atoms with Crippen LogP contribution in [-0.4, -0.2) is 35.1 Å². The van der Waals surface area contributed by atoms with E-state index in [1.54, 1.807) is 25.3 Å². The first-order valence-electron chi connectivity index (χ1n) is 7.98. The van der Waals surface area contributed by atoms with Gasteiger partial charge in [-0.3, -0.25) is 4.79 Å². The molecule has 0 bridgehead atoms. The molecule has 0 spiro atoms. The van der Waals surface area contributed by atoms with Crippen LogP contribution >= 0.6 is 15.9 Å². The van der Waals surface area contributed by atoms with Crippen LogP contribution < -0.4 is 20.5 Å². The predicted octanol–water partition coefficient (Wildman–Crippen LogP) is 2.94. The molecule has 1 heterocycles. The summed E-state index contributed by atoms with van der Waals surface area (Å²) < 4.78 is 12.9. The number of carbonyl (C=O) groups is 1. The van der Waals surface area contributed by atoms with Crippen LogP contribution in [0.1, 0.15) is 16.1 Å². The second-order valence-electron chi connectivity index (χ2n) is 5.63. The summed E-state index contributed by atoms with van der Waals surface area (Å²) in [5.74, 6) is 0.765. The normalized spacial score (nSPS) is 10.5. The fraction of sp³-hybridized carbons (Fsp3) is 0.167. The zero-order valence-corrected chi connectivity index (χ0v) is 16.4. The Kier molecular flexibility index (Phi) is 5.60. The van der Waals surface area contributed by atoms with E-state index >= 15 is 0 Å². The zero-order chi connectivity index (χ0) is 19.4. The highest BCUT2D eigenvalue weighted by Gasteiger charge is 2.19. The van der Waals surface area contributed by atoms with Gasteiger partial charge in [-0.25, -0.2) is 4.68 Å². The van der Waals surface area contributed by atoms with Crippen molar-refractivity contribution in [1.82, 2.24) is 15.0 Å². The van der Waals surface area contributed by atoms with Gasteiger partial charge in [-0.15, -0.1) is 5.10 Å². The van der Waals surface area contributed by atoms with Crippen molar-refractivity contribution in [2.75, 3.05) is 25.3 Å². The lowest BCUT2D eigenvalue weighted by Gasteiger charge is -2.11. The molecule has 27 heavy (non-hydrogen) atoms. The molecule has 0 unspecified atom stereocenters. The van der Waals surface area contributed by atoms with Crippen molar-refractivity contribution in [2.24, 2.45) is 0 Å². The number of ether oxygens (including phenoxy) is 2. The number of halogens is 1. The quantitative estimate of drug-likeness (QED) is 0.621. The van der Waals surface area contributed by atoms with Gasteiger partial charge in [0.2, 0.25) is 0 Å². The zero-order valence-electron chi connectivity index (χ0n) is 14.8. The third-order valence-electron chi connectivity index (χ3n) is 3.89. The number of nitrogens with zero attached hydrogens (tertiary/aromatic N) is 3. The number of nitrogens with two attached hydrogens (primary N) is 1. The van der Waals surface area contributed by atoms with Crippen molar-refractivity contribution in [3.05, 3.63) is 58.2 Å². The summed E-state index contributed by atoms with van der Waals surface area (Å²) in [7, 11) is 3.05. The topological polar surface area (TPSA) is 104 Å². The van der Waals surface area contributed by atoms with Gasteiger partial charge >= 0.3 is 0 Å². The van der Waals surface area contributed by atoms with Gasteiger partial charge in [0.15, 0.2) is 11.5 Å². The van der Waals surface area contributed by atoms with Crippen molar-refractivity contribution in [2.45, 2.75) is 6.54 Å². The summed E-state index contributed by atoms with van der Waals surface area (Å²) in [6.45, 7) is 0.405. The minimum Gasteiger partial charge on any atom is -0.497 e. The molecule has 1 amide bonds. The molecule has 2 aromatic carbocycles. The van der Waals surface area contributed by atoms with Gasteiger partial charge in [0.1, 0.15) is 11.5 Å². The van der Waals surface area contributed by atoms with E-state index in [1.807, 2.05) is 24.3 Å².